The van der Waals surface area contributed by atoms with Gasteiger partial charge in [0.25, 0.3) is 0 Å². The molecule has 2 N–H and O–H groups in total. The van der Waals surface area contributed by atoms with Crippen molar-refractivity contribution in [3.05, 3.63) is 0 Å². The van der Waals surface area contributed by atoms with Crippen molar-refractivity contribution < 1.29 is 14.4 Å². The number of rotatable bonds is 5. The van der Waals surface area contributed by atoms with Crippen LogP contribution in [0, 0.1) is 0 Å². The quantitative estimate of drug-likeness (QED) is 0.767. The molecule has 2 aliphatic carbocycles. The summed E-state index contributed by atoms with van der Waals surface area (Å²) in [7, 11) is 0.365. The second kappa shape index (κ2) is 6.92. The molecule has 112 valence electrons. The topological polar surface area (TPSA) is 57.5 Å². The largest absolute Gasteiger partial charge is 0.395 e. The molecular formula is C14H26O3S2. The van der Waals surface area contributed by atoms with Gasteiger partial charge in [-0.25, -0.2) is 4.21 Å². The monoisotopic (exact) mass is 306 g/mol. The molecule has 2 saturated carbocycles. The van der Waals surface area contributed by atoms with Crippen LogP contribution in [0.2, 0.25) is 0 Å². The Hall–Kier alpha value is 0.420. The number of aliphatic hydroxyl groups is 2. The highest BCUT2D eigenvalue weighted by atomic mass is 33.1. The Balaban J connectivity index is 2.05. The maximum absolute atomic E-state index is 12.8. The van der Waals surface area contributed by atoms with Crippen LogP contribution in [-0.4, -0.2) is 37.1 Å². The summed E-state index contributed by atoms with van der Waals surface area (Å²) >= 11 is 0. The fraction of sp³-hybridized carbons (Fsp3) is 1.00. The third kappa shape index (κ3) is 3.55. The van der Waals surface area contributed by atoms with Crippen molar-refractivity contribution in [3.63, 3.8) is 0 Å². The van der Waals surface area contributed by atoms with Crippen LogP contribution in [0.25, 0.3) is 0 Å². The Bertz CT molecular complexity index is 308. The summed E-state index contributed by atoms with van der Waals surface area (Å²) in [5.41, 5.74) is 0. The van der Waals surface area contributed by atoms with Gasteiger partial charge in [0.2, 0.25) is 0 Å². The Morgan fingerprint density at radius 3 is 1.84 bits per heavy atom. The van der Waals surface area contributed by atoms with Crippen LogP contribution in [0.5, 0.6) is 0 Å². The summed E-state index contributed by atoms with van der Waals surface area (Å²) in [6.45, 7) is 0.138. The minimum Gasteiger partial charge on any atom is -0.395 e. The van der Waals surface area contributed by atoms with Crippen LogP contribution in [0.3, 0.4) is 0 Å². The number of aliphatic hydroxyl groups excluding tert-OH is 2. The van der Waals surface area contributed by atoms with E-state index < -0.39 is 14.6 Å². The Morgan fingerprint density at radius 1 is 0.842 bits per heavy atom. The normalized spacial score (nSPS) is 27.9. The van der Waals surface area contributed by atoms with Crippen molar-refractivity contribution in [2.75, 3.05) is 13.2 Å². The maximum atomic E-state index is 12.8. The van der Waals surface area contributed by atoms with Gasteiger partial charge in [0.1, 0.15) is 0 Å². The van der Waals surface area contributed by atoms with Crippen molar-refractivity contribution in [2.45, 2.75) is 73.7 Å². The first kappa shape index (κ1) is 15.8. The highest BCUT2D eigenvalue weighted by molar-refractivity contribution is 8.70. The zero-order valence-electron chi connectivity index (χ0n) is 11.6. The van der Waals surface area contributed by atoms with Gasteiger partial charge in [0.15, 0.2) is 0 Å². The predicted octanol–water partition coefficient (Wildman–Crippen LogP) is 2.77. The highest BCUT2D eigenvalue weighted by Gasteiger charge is 2.43. The Kier molecular flexibility index (Phi) is 5.76. The number of hydrogen-bond donors (Lipinski definition) is 2. The molecule has 2 rings (SSSR count). The van der Waals surface area contributed by atoms with Crippen LogP contribution in [-0.2, 0) is 9.83 Å². The molecule has 0 spiro atoms. The zero-order valence-corrected chi connectivity index (χ0v) is 13.2. The average Bonchev–Trinajstić information content (AvgIpc) is 2.48. The molecule has 2 fully saturated rings. The molecule has 0 heterocycles. The Labute approximate surface area is 122 Å². The molecule has 2 aliphatic rings. The van der Waals surface area contributed by atoms with Gasteiger partial charge in [0.05, 0.1) is 32.5 Å². The molecule has 0 aromatic rings. The van der Waals surface area contributed by atoms with Crippen LogP contribution in [0.4, 0.5) is 0 Å². The van der Waals surface area contributed by atoms with Gasteiger partial charge in [-0.3, -0.25) is 0 Å². The van der Waals surface area contributed by atoms with E-state index in [1.165, 1.54) is 23.6 Å². The SMILES string of the molecule is O=[S@@](SC1(CO)CCCCC1)C1(CO)CCCCC1. The molecular weight excluding hydrogens is 280 g/mol. The minimum absolute atomic E-state index is 0.0219. The average molecular weight is 306 g/mol. The molecule has 0 amide bonds. The fourth-order valence-electron chi connectivity index (χ4n) is 3.29. The first-order valence-electron chi connectivity index (χ1n) is 7.50. The van der Waals surface area contributed by atoms with Crippen molar-refractivity contribution >= 4 is 20.6 Å². The fourth-order valence-corrected chi connectivity index (χ4v) is 7.83. The molecule has 0 unspecified atom stereocenters. The summed E-state index contributed by atoms with van der Waals surface area (Å²) in [6, 6.07) is 0. The van der Waals surface area contributed by atoms with Crippen LogP contribution in [0.1, 0.15) is 64.2 Å². The molecule has 19 heavy (non-hydrogen) atoms. The molecule has 0 saturated heterocycles. The van der Waals surface area contributed by atoms with Gasteiger partial charge in [-0.05, 0) is 25.7 Å². The van der Waals surface area contributed by atoms with Crippen LogP contribution in [0.15, 0.2) is 0 Å². The van der Waals surface area contributed by atoms with E-state index in [2.05, 4.69) is 0 Å². The zero-order chi connectivity index (χ0) is 13.8. The second-order valence-electron chi connectivity index (χ2n) is 6.12. The van der Waals surface area contributed by atoms with E-state index >= 15 is 0 Å². The van der Waals surface area contributed by atoms with E-state index in [4.69, 9.17) is 0 Å². The van der Waals surface area contributed by atoms with E-state index in [9.17, 15) is 14.4 Å². The van der Waals surface area contributed by atoms with Gasteiger partial charge in [-0.2, -0.15) is 0 Å². The number of hydrogen-bond acceptors (Lipinski definition) is 4. The molecule has 5 heteroatoms. The molecule has 0 bridgehead atoms. The maximum Gasteiger partial charge on any atom is 0.0896 e. The third-order valence-corrected chi connectivity index (χ3v) is 9.57. The summed E-state index contributed by atoms with van der Waals surface area (Å²) in [4.78, 5) is 0. The van der Waals surface area contributed by atoms with Gasteiger partial charge in [-0.1, -0.05) is 49.3 Å². The molecule has 0 aromatic carbocycles. The van der Waals surface area contributed by atoms with E-state index in [1.54, 1.807) is 0 Å². The van der Waals surface area contributed by atoms with E-state index in [1.807, 2.05) is 0 Å². The highest BCUT2D eigenvalue weighted by Crippen LogP contribution is 2.47. The van der Waals surface area contributed by atoms with Gasteiger partial charge in [-0.15, -0.1) is 0 Å². The van der Waals surface area contributed by atoms with E-state index in [-0.39, 0.29) is 18.0 Å². The third-order valence-electron chi connectivity index (χ3n) is 4.71. The van der Waals surface area contributed by atoms with Gasteiger partial charge in [0, 0.05) is 0 Å². The van der Waals surface area contributed by atoms with E-state index in [0.717, 1.165) is 51.4 Å². The standard InChI is InChI=1S/C14H26O3S2/c15-11-13(7-3-1-4-8-13)18-19(17)14(12-16)9-5-2-6-10-14/h15-16H,1-12H2/t19-/m0/s1. The lowest BCUT2D eigenvalue weighted by molar-refractivity contribution is 0.209. The molecule has 0 aliphatic heterocycles. The first-order chi connectivity index (χ1) is 9.16. The van der Waals surface area contributed by atoms with Crippen molar-refractivity contribution in [1.29, 1.82) is 0 Å². The summed E-state index contributed by atoms with van der Waals surface area (Å²) in [5, 5.41) is 19.5. The summed E-state index contributed by atoms with van der Waals surface area (Å²) in [5.74, 6) is 0. The van der Waals surface area contributed by atoms with E-state index in [0.29, 0.717) is 0 Å². The molecule has 3 nitrogen and oxygen atoms in total. The van der Waals surface area contributed by atoms with Crippen LogP contribution < -0.4 is 0 Å². The molecule has 0 radical (unpaired) electrons. The minimum atomic E-state index is -1.10. The lowest BCUT2D eigenvalue weighted by Crippen LogP contribution is -2.42. The summed E-state index contributed by atoms with van der Waals surface area (Å²) < 4.78 is 12.2. The lowest BCUT2D eigenvalue weighted by Gasteiger charge is -2.40. The second-order valence-corrected chi connectivity index (χ2v) is 9.90. The lowest BCUT2D eigenvalue weighted by atomic mass is 9.89. The first-order valence-corrected chi connectivity index (χ1v) is 9.98. The van der Waals surface area contributed by atoms with Gasteiger partial charge >= 0.3 is 0 Å². The van der Waals surface area contributed by atoms with Crippen molar-refractivity contribution in [1.82, 2.24) is 0 Å². The van der Waals surface area contributed by atoms with Crippen LogP contribution >= 0.6 is 10.8 Å². The smallest absolute Gasteiger partial charge is 0.0896 e. The molecule has 0 aromatic heterocycles. The summed E-state index contributed by atoms with van der Waals surface area (Å²) in [6.07, 6.45) is 10.4. The molecule has 1 atom stereocenters. The van der Waals surface area contributed by atoms with Crippen molar-refractivity contribution in [2.24, 2.45) is 0 Å². The predicted molar refractivity (Wildman–Crippen MR) is 81.5 cm³/mol. The Morgan fingerprint density at radius 2 is 1.37 bits per heavy atom. The van der Waals surface area contributed by atoms with Crippen molar-refractivity contribution in [3.8, 4) is 0 Å². The van der Waals surface area contributed by atoms with Gasteiger partial charge < -0.3 is 10.2 Å².